The fourth-order valence-corrected chi connectivity index (χ4v) is 1.89. The van der Waals surface area contributed by atoms with E-state index in [0.717, 1.165) is 19.3 Å². The Morgan fingerprint density at radius 1 is 1.62 bits per heavy atom. The maximum atomic E-state index is 10.5. The Kier molecular flexibility index (Phi) is 2.96. The Morgan fingerprint density at radius 3 is 3.06 bits per heavy atom. The van der Waals surface area contributed by atoms with Crippen LogP contribution in [0.4, 0.5) is 0 Å². The highest BCUT2D eigenvalue weighted by molar-refractivity contribution is 5.69. The number of carboxylic acids is 1. The van der Waals surface area contributed by atoms with Crippen LogP contribution >= 0.6 is 0 Å². The molecule has 0 aromatic carbocycles. The van der Waals surface area contributed by atoms with E-state index in [-0.39, 0.29) is 6.42 Å². The molecule has 1 fully saturated rings. The minimum absolute atomic E-state index is 0.112. The van der Waals surface area contributed by atoms with Crippen molar-refractivity contribution in [3.8, 4) is 0 Å². The molecule has 0 spiro atoms. The summed E-state index contributed by atoms with van der Waals surface area (Å²) in [6, 6.07) is 0. The first-order chi connectivity index (χ1) is 7.60. The van der Waals surface area contributed by atoms with E-state index in [1.54, 1.807) is 0 Å². The summed E-state index contributed by atoms with van der Waals surface area (Å²) in [6.07, 6.45) is 4.28. The van der Waals surface area contributed by atoms with E-state index in [1.807, 2.05) is 6.92 Å². The van der Waals surface area contributed by atoms with Crippen LogP contribution in [0.5, 0.6) is 0 Å². The van der Waals surface area contributed by atoms with Gasteiger partial charge in [0.05, 0.1) is 12.1 Å². The lowest BCUT2D eigenvalue weighted by Gasteiger charge is -2.30. The number of aromatic nitrogens is 1. The summed E-state index contributed by atoms with van der Waals surface area (Å²) in [5, 5.41) is 8.64. The Labute approximate surface area is 93.4 Å². The molecule has 2 heterocycles. The third-order valence-corrected chi connectivity index (χ3v) is 2.81. The molecule has 1 atom stereocenters. The lowest BCUT2D eigenvalue weighted by Crippen LogP contribution is -2.30. The molecule has 5 heteroatoms. The summed E-state index contributed by atoms with van der Waals surface area (Å²) in [4.78, 5) is 14.7. The third kappa shape index (κ3) is 2.24. The van der Waals surface area contributed by atoms with Crippen LogP contribution in [-0.2, 0) is 21.6 Å². The number of oxazole rings is 1. The van der Waals surface area contributed by atoms with Crippen molar-refractivity contribution >= 4 is 5.97 Å². The normalized spacial score (nSPS) is 25.6. The number of rotatable bonds is 3. The summed E-state index contributed by atoms with van der Waals surface area (Å²) < 4.78 is 11.0. The predicted molar refractivity (Wildman–Crippen MR) is 55.0 cm³/mol. The van der Waals surface area contributed by atoms with Crippen LogP contribution in [0.1, 0.15) is 37.8 Å². The molecule has 1 N–H and O–H groups in total. The average molecular weight is 225 g/mol. The van der Waals surface area contributed by atoms with Crippen molar-refractivity contribution in [1.29, 1.82) is 0 Å². The SMILES string of the molecule is CC1(c2nc(CC(=O)O)co2)CCCCO1. The summed E-state index contributed by atoms with van der Waals surface area (Å²) >= 11 is 0. The topological polar surface area (TPSA) is 72.6 Å². The van der Waals surface area contributed by atoms with Crippen molar-refractivity contribution < 1.29 is 19.1 Å². The third-order valence-electron chi connectivity index (χ3n) is 2.81. The van der Waals surface area contributed by atoms with Gasteiger partial charge in [0, 0.05) is 6.61 Å². The quantitative estimate of drug-likeness (QED) is 0.847. The van der Waals surface area contributed by atoms with Gasteiger partial charge in [-0.1, -0.05) is 0 Å². The first-order valence-electron chi connectivity index (χ1n) is 5.41. The Morgan fingerprint density at radius 2 is 2.44 bits per heavy atom. The highest BCUT2D eigenvalue weighted by Gasteiger charge is 2.34. The molecule has 5 nitrogen and oxygen atoms in total. The highest BCUT2D eigenvalue weighted by Crippen LogP contribution is 2.33. The molecule has 0 radical (unpaired) electrons. The van der Waals surface area contributed by atoms with Gasteiger partial charge in [-0.3, -0.25) is 4.79 Å². The smallest absolute Gasteiger partial charge is 0.309 e. The number of nitrogens with zero attached hydrogens (tertiary/aromatic N) is 1. The summed E-state index contributed by atoms with van der Waals surface area (Å²) in [5.41, 5.74) is -0.0486. The molecule has 1 aliphatic rings. The molecule has 0 bridgehead atoms. The summed E-state index contributed by atoms with van der Waals surface area (Å²) in [7, 11) is 0. The molecular weight excluding hydrogens is 210 g/mol. The standard InChI is InChI=1S/C11H15NO4/c1-11(4-2-3-5-16-11)10-12-8(7-15-10)6-9(13)14/h7H,2-6H2,1H3,(H,13,14). The molecule has 1 saturated heterocycles. The fraction of sp³-hybridized carbons (Fsp3) is 0.636. The van der Waals surface area contributed by atoms with E-state index >= 15 is 0 Å². The van der Waals surface area contributed by atoms with E-state index in [2.05, 4.69) is 4.98 Å². The second kappa shape index (κ2) is 4.25. The monoisotopic (exact) mass is 225 g/mol. The second-order valence-electron chi connectivity index (χ2n) is 4.25. The Hall–Kier alpha value is -1.36. The van der Waals surface area contributed by atoms with Crippen molar-refractivity contribution in [2.75, 3.05) is 6.61 Å². The van der Waals surface area contributed by atoms with Gasteiger partial charge >= 0.3 is 5.97 Å². The van der Waals surface area contributed by atoms with Crippen molar-refractivity contribution in [2.45, 2.75) is 38.2 Å². The van der Waals surface area contributed by atoms with Gasteiger partial charge in [0.15, 0.2) is 0 Å². The highest BCUT2D eigenvalue weighted by atomic mass is 16.5. The van der Waals surface area contributed by atoms with Crippen molar-refractivity contribution in [3.63, 3.8) is 0 Å². The number of hydrogen-bond acceptors (Lipinski definition) is 4. The van der Waals surface area contributed by atoms with Gasteiger partial charge in [0.2, 0.25) is 5.89 Å². The van der Waals surface area contributed by atoms with Crippen molar-refractivity contribution in [3.05, 3.63) is 17.8 Å². The molecule has 2 rings (SSSR count). The minimum Gasteiger partial charge on any atom is -0.481 e. The van der Waals surface area contributed by atoms with Crippen LogP contribution in [0.25, 0.3) is 0 Å². The molecule has 0 amide bonds. The Bertz CT molecular complexity index is 379. The zero-order valence-electron chi connectivity index (χ0n) is 9.23. The number of ether oxygens (including phenoxy) is 1. The first-order valence-corrected chi connectivity index (χ1v) is 5.41. The van der Waals surface area contributed by atoms with Gasteiger partial charge in [-0.2, -0.15) is 0 Å². The average Bonchev–Trinajstić information content (AvgIpc) is 2.67. The molecule has 88 valence electrons. The van der Waals surface area contributed by atoms with Crippen LogP contribution in [0, 0.1) is 0 Å². The van der Waals surface area contributed by atoms with Crippen molar-refractivity contribution in [1.82, 2.24) is 4.98 Å². The maximum absolute atomic E-state index is 10.5. The van der Waals surface area contributed by atoms with Crippen LogP contribution in [0.15, 0.2) is 10.7 Å². The van der Waals surface area contributed by atoms with E-state index in [9.17, 15) is 4.79 Å². The Balaban J connectivity index is 2.13. The zero-order chi connectivity index (χ0) is 11.6. The number of aliphatic carboxylic acids is 1. The van der Waals surface area contributed by atoms with Gasteiger partial charge in [-0.15, -0.1) is 0 Å². The second-order valence-corrected chi connectivity index (χ2v) is 4.25. The molecule has 1 aliphatic heterocycles. The fourth-order valence-electron chi connectivity index (χ4n) is 1.89. The lowest BCUT2D eigenvalue weighted by atomic mass is 9.96. The largest absolute Gasteiger partial charge is 0.481 e. The molecular formula is C11H15NO4. The molecule has 0 aliphatic carbocycles. The number of hydrogen-bond donors (Lipinski definition) is 1. The predicted octanol–water partition coefficient (Wildman–Crippen LogP) is 1.72. The van der Waals surface area contributed by atoms with E-state index in [1.165, 1.54) is 6.26 Å². The van der Waals surface area contributed by atoms with Gasteiger partial charge in [0.25, 0.3) is 0 Å². The summed E-state index contributed by atoms with van der Waals surface area (Å²) in [5.74, 6) is -0.419. The molecule has 1 aromatic heterocycles. The minimum atomic E-state index is -0.908. The zero-order valence-corrected chi connectivity index (χ0v) is 9.23. The molecule has 16 heavy (non-hydrogen) atoms. The summed E-state index contributed by atoms with van der Waals surface area (Å²) in [6.45, 7) is 2.63. The van der Waals surface area contributed by atoms with Crippen LogP contribution in [0.2, 0.25) is 0 Å². The first kappa shape index (κ1) is 11.1. The maximum Gasteiger partial charge on any atom is 0.309 e. The van der Waals surface area contributed by atoms with Gasteiger partial charge in [-0.05, 0) is 26.2 Å². The lowest BCUT2D eigenvalue weighted by molar-refractivity contribution is -0.136. The van der Waals surface area contributed by atoms with Crippen molar-refractivity contribution in [2.24, 2.45) is 0 Å². The number of carbonyl (C=O) groups is 1. The van der Waals surface area contributed by atoms with E-state index in [0.29, 0.717) is 18.2 Å². The van der Waals surface area contributed by atoms with Crippen LogP contribution in [-0.4, -0.2) is 22.7 Å². The molecule has 1 unspecified atom stereocenters. The molecule has 1 aromatic rings. The van der Waals surface area contributed by atoms with E-state index in [4.69, 9.17) is 14.3 Å². The van der Waals surface area contributed by atoms with Crippen LogP contribution < -0.4 is 0 Å². The van der Waals surface area contributed by atoms with Crippen LogP contribution in [0.3, 0.4) is 0 Å². The molecule has 0 saturated carbocycles. The van der Waals surface area contributed by atoms with Gasteiger partial charge < -0.3 is 14.3 Å². The number of carboxylic acid groups (broad SMARTS) is 1. The van der Waals surface area contributed by atoms with Gasteiger partial charge in [0.1, 0.15) is 11.9 Å². The van der Waals surface area contributed by atoms with Gasteiger partial charge in [-0.25, -0.2) is 4.98 Å². The van der Waals surface area contributed by atoms with E-state index < -0.39 is 11.6 Å².